The van der Waals surface area contributed by atoms with Crippen molar-refractivity contribution in [3.8, 4) is 11.5 Å². The topological polar surface area (TPSA) is 47.9 Å². The molecule has 0 saturated heterocycles. The molecule has 2 heterocycles. The van der Waals surface area contributed by atoms with Gasteiger partial charge < -0.3 is 9.47 Å². The van der Waals surface area contributed by atoms with Gasteiger partial charge in [0.15, 0.2) is 17.3 Å². The minimum Gasteiger partial charge on any atom is -0.454 e. The van der Waals surface area contributed by atoms with E-state index in [4.69, 9.17) is 21.1 Å². The van der Waals surface area contributed by atoms with Gasteiger partial charge in [-0.25, -0.2) is 0 Å². The maximum atomic E-state index is 12.3. The molecule has 21 heavy (non-hydrogen) atoms. The fourth-order valence-electron chi connectivity index (χ4n) is 2.51. The molecule has 0 radical (unpaired) electrons. The Kier molecular flexibility index (Phi) is 2.72. The summed E-state index contributed by atoms with van der Waals surface area (Å²) in [4.78, 5) is 16.9. The van der Waals surface area contributed by atoms with E-state index in [2.05, 4.69) is 4.99 Å². The molecule has 2 aliphatic heterocycles. The smallest absolute Gasteiger partial charge is 0.231 e. The number of Topliss-reactive ketones (excluding diaryl/α,β-unsaturated/α-hetero) is 1. The normalized spacial score (nSPS) is 15.7. The lowest BCUT2D eigenvalue weighted by Crippen LogP contribution is -2.14. The average molecular weight is 300 g/mol. The van der Waals surface area contributed by atoms with Crippen LogP contribution in [0.3, 0.4) is 0 Å². The monoisotopic (exact) mass is 299 g/mol. The zero-order valence-corrected chi connectivity index (χ0v) is 11.7. The molecule has 0 unspecified atom stereocenters. The van der Waals surface area contributed by atoms with Crippen LogP contribution in [0.5, 0.6) is 11.5 Å². The molecule has 2 aliphatic rings. The van der Waals surface area contributed by atoms with Crippen molar-refractivity contribution in [1.82, 2.24) is 0 Å². The van der Waals surface area contributed by atoms with Crippen LogP contribution in [0.25, 0.3) is 0 Å². The minimum atomic E-state index is 0.0216. The van der Waals surface area contributed by atoms with E-state index < -0.39 is 0 Å². The summed E-state index contributed by atoms with van der Waals surface area (Å²) < 4.78 is 10.6. The third-order valence-corrected chi connectivity index (χ3v) is 3.77. The Morgan fingerprint density at radius 3 is 2.71 bits per heavy atom. The molecule has 0 fully saturated rings. The Morgan fingerprint density at radius 1 is 1.10 bits per heavy atom. The molecule has 0 amide bonds. The van der Waals surface area contributed by atoms with Gasteiger partial charge in [-0.3, -0.25) is 9.79 Å². The molecule has 4 nitrogen and oxygen atoms in total. The van der Waals surface area contributed by atoms with Crippen LogP contribution in [0.4, 0.5) is 5.69 Å². The molecular weight excluding hydrogens is 290 g/mol. The molecular formula is C16H10ClNO3. The summed E-state index contributed by atoms with van der Waals surface area (Å²) in [6.07, 6.45) is 0.257. The Bertz CT molecular complexity index is 798. The summed E-state index contributed by atoms with van der Waals surface area (Å²) in [5, 5.41) is 0.624. The number of fused-ring (bicyclic) bond motifs is 2. The van der Waals surface area contributed by atoms with E-state index in [1.165, 1.54) is 0 Å². The number of ether oxygens (including phenoxy) is 2. The molecule has 2 aromatic rings. The fourth-order valence-corrected chi connectivity index (χ4v) is 2.70. The molecule has 0 saturated carbocycles. The molecule has 4 rings (SSSR count). The first kappa shape index (κ1) is 12.4. The molecule has 0 N–H and O–H groups in total. The third kappa shape index (κ3) is 2.08. The average Bonchev–Trinajstić information content (AvgIpc) is 2.92. The number of carbonyl (C=O) groups excluding carboxylic acids is 1. The van der Waals surface area contributed by atoms with Crippen LogP contribution in [-0.2, 0) is 0 Å². The minimum absolute atomic E-state index is 0.0216. The van der Waals surface area contributed by atoms with E-state index in [1.807, 2.05) is 18.2 Å². The highest BCUT2D eigenvalue weighted by Gasteiger charge is 2.25. The van der Waals surface area contributed by atoms with Gasteiger partial charge in [0.2, 0.25) is 6.79 Å². The highest BCUT2D eigenvalue weighted by atomic mass is 35.5. The van der Waals surface area contributed by atoms with Crippen molar-refractivity contribution in [2.24, 2.45) is 4.99 Å². The zero-order chi connectivity index (χ0) is 14.4. The maximum Gasteiger partial charge on any atom is 0.231 e. The van der Waals surface area contributed by atoms with Gasteiger partial charge in [-0.05, 0) is 23.8 Å². The Labute approximate surface area is 126 Å². The SMILES string of the molecule is O=C1CC(c2cccc(Cl)c2)=Nc2cc3c(cc21)OCO3. The van der Waals surface area contributed by atoms with Crippen LogP contribution in [0, 0.1) is 0 Å². The summed E-state index contributed by atoms with van der Waals surface area (Å²) in [5.41, 5.74) is 2.77. The van der Waals surface area contributed by atoms with E-state index in [0.29, 0.717) is 33.5 Å². The number of benzene rings is 2. The number of halogens is 1. The number of hydrogen-bond acceptors (Lipinski definition) is 4. The van der Waals surface area contributed by atoms with Gasteiger partial charge in [-0.1, -0.05) is 23.7 Å². The van der Waals surface area contributed by atoms with Gasteiger partial charge in [0, 0.05) is 16.7 Å². The highest BCUT2D eigenvalue weighted by molar-refractivity contribution is 6.31. The van der Waals surface area contributed by atoms with Crippen LogP contribution in [0.1, 0.15) is 22.3 Å². The second kappa shape index (κ2) is 4.60. The second-order valence-electron chi connectivity index (χ2n) is 4.89. The number of carbonyl (C=O) groups is 1. The number of aliphatic imine (C=N–C) groups is 1. The molecule has 0 aliphatic carbocycles. The molecule has 2 aromatic carbocycles. The molecule has 104 valence electrons. The van der Waals surface area contributed by atoms with Crippen LogP contribution in [0.15, 0.2) is 41.4 Å². The van der Waals surface area contributed by atoms with Crippen molar-refractivity contribution in [3.05, 3.63) is 52.5 Å². The van der Waals surface area contributed by atoms with E-state index in [-0.39, 0.29) is 19.0 Å². The van der Waals surface area contributed by atoms with Crippen LogP contribution >= 0.6 is 11.6 Å². The predicted molar refractivity (Wildman–Crippen MR) is 79.2 cm³/mol. The zero-order valence-electron chi connectivity index (χ0n) is 10.9. The Morgan fingerprint density at radius 2 is 1.90 bits per heavy atom. The first-order valence-corrected chi connectivity index (χ1v) is 6.89. The quantitative estimate of drug-likeness (QED) is 0.805. The summed E-state index contributed by atoms with van der Waals surface area (Å²) in [6, 6.07) is 10.8. The van der Waals surface area contributed by atoms with Crippen molar-refractivity contribution >= 4 is 28.8 Å². The third-order valence-electron chi connectivity index (χ3n) is 3.53. The van der Waals surface area contributed by atoms with Crippen LogP contribution < -0.4 is 9.47 Å². The number of ketones is 1. The molecule has 5 heteroatoms. The lowest BCUT2D eigenvalue weighted by molar-refractivity contribution is 0.0999. The number of hydrogen-bond donors (Lipinski definition) is 0. The van der Waals surface area contributed by atoms with Crippen molar-refractivity contribution in [2.75, 3.05) is 6.79 Å². The summed E-state index contributed by atoms with van der Waals surface area (Å²) >= 11 is 6.00. The van der Waals surface area contributed by atoms with Gasteiger partial charge in [0.25, 0.3) is 0 Å². The van der Waals surface area contributed by atoms with Gasteiger partial charge in [0.05, 0.1) is 17.8 Å². The van der Waals surface area contributed by atoms with Gasteiger partial charge >= 0.3 is 0 Å². The predicted octanol–water partition coefficient (Wildman–Crippen LogP) is 3.78. The maximum absolute atomic E-state index is 12.3. The Balaban J connectivity index is 1.84. The van der Waals surface area contributed by atoms with Gasteiger partial charge in [-0.15, -0.1) is 0 Å². The van der Waals surface area contributed by atoms with Crippen LogP contribution in [0.2, 0.25) is 5.02 Å². The largest absolute Gasteiger partial charge is 0.454 e. The van der Waals surface area contributed by atoms with E-state index in [1.54, 1.807) is 18.2 Å². The van der Waals surface area contributed by atoms with E-state index in [0.717, 1.165) is 5.56 Å². The van der Waals surface area contributed by atoms with E-state index in [9.17, 15) is 4.79 Å². The fraction of sp³-hybridized carbons (Fsp3) is 0.125. The summed E-state index contributed by atoms with van der Waals surface area (Å²) in [7, 11) is 0. The van der Waals surface area contributed by atoms with Crippen molar-refractivity contribution in [3.63, 3.8) is 0 Å². The summed E-state index contributed by atoms with van der Waals surface area (Å²) in [5.74, 6) is 1.24. The van der Waals surface area contributed by atoms with Gasteiger partial charge in [0.1, 0.15) is 0 Å². The lowest BCUT2D eigenvalue weighted by Gasteiger charge is -2.15. The van der Waals surface area contributed by atoms with E-state index >= 15 is 0 Å². The standard InChI is InChI=1S/C16H10ClNO3/c17-10-3-1-2-9(4-10)12-6-14(19)11-5-15-16(21-8-20-15)7-13(11)18-12/h1-5,7H,6,8H2. The number of rotatable bonds is 1. The van der Waals surface area contributed by atoms with Crippen molar-refractivity contribution in [1.29, 1.82) is 0 Å². The second-order valence-corrected chi connectivity index (χ2v) is 5.33. The molecule has 0 aromatic heterocycles. The molecule has 0 bridgehead atoms. The number of nitrogens with zero attached hydrogens (tertiary/aromatic N) is 1. The van der Waals surface area contributed by atoms with Crippen molar-refractivity contribution < 1.29 is 14.3 Å². The van der Waals surface area contributed by atoms with Gasteiger partial charge in [-0.2, -0.15) is 0 Å². The first-order valence-electron chi connectivity index (χ1n) is 6.51. The molecule has 0 spiro atoms. The molecule has 0 atom stereocenters. The highest BCUT2D eigenvalue weighted by Crippen LogP contribution is 2.40. The Hall–Kier alpha value is -2.33. The van der Waals surface area contributed by atoms with Crippen molar-refractivity contribution in [2.45, 2.75) is 6.42 Å². The van der Waals surface area contributed by atoms with Crippen LogP contribution in [-0.4, -0.2) is 18.3 Å². The lowest BCUT2D eigenvalue weighted by atomic mass is 9.96. The first-order chi connectivity index (χ1) is 10.2. The summed E-state index contributed by atoms with van der Waals surface area (Å²) in [6.45, 7) is 0.178.